The van der Waals surface area contributed by atoms with Crippen molar-refractivity contribution in [3.63, 3.8) is 0 Å². The molecular formula is C10H11N5. The zero-order chi connectivity index (χ0) is 10.5. The molecule has 0 unspecified atom stereocenters. The summed E-state index contributed by atoms with van der Waals surface area (Å²) in [5, 5.41) is 4.02. The molecule has 0 radical (unpaired) electrons. The van der Waals surface area contributed by atoms with Gasteiger partial charge < -0.3 is 4.98 Å². The number of hydrogen-bond donors (Lipinski definition) is 2. The standard InChI is InChI=1S/C10H11N5/c1-8-12-6-9(14-8)7-13-15-10-4-2-3-5-11-10/h2-7H,1H3,(H,11,15)(H,12,14)/b13-7+. The van der Waals surface area contributed by atoms with Crippen LogP contribution in [0.3, 0.4) is 0 Å². The number of hydrogen-bond acceptors (Lipinski definition) is 4. The van der Waals surface area contributed by atoms with Gasteiger partial charge in [-0.3, -0.25) is 5.43 Å². The largest absolute Gasteiger partial charge is 0.341 e. The van der Waals surface area contributed by atoms with Gasteiger partial charge >= 0.3 is 0 Å². The molecule has 15 heavy (non-hydrogen) atoms. The molecule has 2 heterocycles. The summed E-state index contributed by atoms with van der Waals surface area (Å²) in [5.41, 5.74) is 3.67. The highest BCUT2D eigenvalue weighted by Gasteiger charge is 1.91. The molecule has 0 saturated carbocycles. The first-order valence-electron chi connectivity index (χ1n) is 4.56. The molecule has 0 spiro atoms. The normalized spacial score (nSPS) is 10.7. The number of pyridine rings is 1. The molecule has 0 aliphatic heterocycles. The molecule has 0 fully saturated rings. The van der Waals surface area contributed by atoms with Crippen molar-refractivity contribution in [3.05, 3.63) is 42.1 Å². The van der Waals surface area contributed by atoms with Crippen molar-refractivity contribution in [2.75, 3.05) is 5.43 Å². The van der Waals surface area contributed by atoms with Crippen molar-refractivity contribution in [3.8, 4) is 0 Å². The number of aryl methyl sites for hydroxylation is 1. The van der Waals surface area contributed by atoms with Crippen molar-refractivity contribution in [2.45, 2.75) is 6.92 Å². The lowest BCUT2D eigenvalue weighted by atomic mass is 10.5. The number of H-pyrrole nitrogens is 1. The van der Waals surface area contributed by atoms with E-state index in [0.717, 1.165) is 11.5 Å². The Balaban J connectivity index is 1.96. The fraction of sp³-hybridized carbons (Fsp3) is 0.100. The average Bonchev–Trinajstić information content (AvgIpc) is 2.66. The maximum atomic E-state index is 4.06. The summed E-state index contributed by atoms with van der Waals surface area (Å²) in [5.74, 6) is 1.58. The second kappa shape index (κ2) is 4.36. The van der Waals surface area contributed by atoms with Crippen LogP contribution in [0.15, 0.2) is 35.7 Å². The predicted molar refractivity (Wildman–Crippen MR) is 58.8 cm³/mol. The van der Waals surface area contributed by atoms with Crippen LogP contribution in [0, 0.1) is 6.92 Å². The number of nitrogens with zero attached hydrogens (tertiary/aromatic N) is 3. The quantitative estimate of drug-likeness (QED) is 0.585. The van der Waals surface area contributed by atoms with Crippen LogP contribution in [0.4, 0.5) is 5.82 Å². The van der Waals surface area contributed by atoms with Crippen LogP contribution in [0.2, 0.25) is 0 Å². The average molecular weight is 201 g/mol. The first-order valence-corrected chi connectivity index (χ1v) is 4.56. The van der Waals surface area contributed by atoms with Crippen LogP contribution in [-0.2, 0) is 0 Å². The number of hydrazone groups is 1. The monoisotopic (exact) mass is 201 g/mol. The van der Waals surface area contributed by atoms with Gasteiger partial charge in [0.15, 0.2) is 0 Å². The van der Waals surface area contributed by atoms with E-state index in [2.05, 4.69) is 25.5 Å². The number of aromatic amines is 1. The van der Waals surface area contributed by atoms with Crippen molar-refractivity contribution in [1.29, 1.82) is 0 Å². The van der Waals surface area contributed by atoms with Crippen molar-refractivity contribution in [1.82, 2.24) is 15.0 Å². The van der Waals surface area contributed by atoms with Crippen molar-refractivity contribution in [2.24, 2.45) is 5.10 Å². The third kappa shape index (κ3) is 2.63. The highest BCUT2D eigenvalue weighted by molar-refractivity contribution is 5.77. The smallest absolute Gasteiger partial charge is 0.146 e. The Labute approximate surface area is 87.3 Å². The molecule has 76 valence electrons. The maximum absolute atomic E-state index is 4.06. The Hall–Kier alpha value is -2.17. The number of nitrogens with one attached hydrogen (secondary N) is 2. The minimum atomic E-state index is 0.713. The Kier molecular flexibility index (Phi) is 2.73. The minimum absolute atomic E-state index is 0.713. The third-order valence-electron chi connectivity index (χ3n) is 1.77. The zero-order valence-corrected chi connectivity index (χ0v) is 8.31. The fourth-order valence-corrected chi connectivity index (χ4v) is 1.10. The topological polar surface area (TPSA) is 66.0 Å². The summed E-state index contributed by atoms with van der Waals surface area (Å²) in [4.78, 5) is 11.2. The SMILES string of the molecule is Cc1ncc(/C=N/Nc2ccccn2)[nH]1. The van der Waals surface area contributed by atoms with E-state index in [9.17, 15) is 0 Å². The van der Waals surface area contributed by atoms with Gasteiger partial charge in [-0.1, -0.05) is 6.07 Å². The van der Waals surface area contributed by atoms with E-state index in [1.54, 1.807) is 18.6 Å². The third-order valence-corrected chi connectivity index (χ3v) is 1.77. The van der Waals surface area contributed by atoms with Crippen LogP contribution in [0.25, 0.3) is 0 Å². The number of imidazole rings is 1. The fourth-order valence-electron chi connectivity index (χ4n) is 1.10. The first-order chi connectivity index (χ1) is 7.34. The summed E-state index contributed by atoms with van der Waals surface area (Å²) >= 11 is 0. The lowest BCUT2D eigenvalue weighted by Crippen LogP contribution is -1.92. The Bertz CT molecular complexity index is 446. The van der Waals surface area contributed by atoms with Gasteiger partial charge in [-0.2, -0.15) is 5.10 Å². The van der Waals surface area contributed by atoms with Crippen LogP contribution >= 0.6 is 0 Å². The van der Waals surface area contributed by atoms with Gasteiger partial charge in [0.25, 0.3) is 0 Å². The van der Waals surface area contributed by atoms with Crippen LogP contribution in [0.5, 0.6) is 0 Å². The molecule has 2 aromatic heterocycles. The lowest BCUT2D eigenvalue weighted by Gasteiger charge is -1.95. The van der Waals surface area contributed by atoms with Crippen molar-refractivity contribution < 1.29 is 0 Å². The molecule has 2 N–H and O–H groups in total. The van der Waals surface area contributed by atoms with Crippen LogP contribution < -0.4 is 5.43 Å². The Morgan fingerprint density at radius 3 is 3.00 bits per heavy atom. The van der Waals surface area contributed by atoms with Gasteiger partial charge in [-0.15, -0.1) is 0 Å². The summed E-state index contributed by atoms with van der Waals surface area (Å²) in [6.45, 7) is 1.89. The summed E-state index contributed by atoms with van der Waals surface area (Å²) in [7, 11) is 0. The van der Waals surface area contributed by atoms with Crippen LogP contribution in [0.1, 0.15) is 11.5 Å². The van der Waals surface area contributed by atoms with Gasteiger partial charge in [0.2, 0.25) is 0 Å². The van der Waals surface area contributed by atoms with E-state index < -0.39 is 0 Å². The molecule has 0 aliphatic carbocycles. The summed E-state index contributed by atoms with van der Waals surface area (Å²) in [6, 6.07) is 5.59. The second-order valence-corrected chi connectivity index (χ2v) is 3.01. The molecule has 0 aromatic carbocycles. The van der Waals surface area contributed by atoms with E-state index in [1.807, 2.05) is 25.1 Å². The summed E-state index contributed by atoms with van der Waals surface area (Å²) < 4.78 is 0. The molecule has 0 aliphatic rings. The second-order valence-electron chi connectivity index (χ2n) is 3.01. The Morgan fingerprint density at radius 2 is 2.33 bits per heavy atom. The van der Waals surface area contributed by atoms with Crippen molar-refractivity contribution >= 4 is 12.0 Å². The Morgan fingerprint density at radius 1 is 1.40 bits per heavy atom. The highest BCUT2D eigenvalue weighted by atomic mass is 15.3. The van der Waals surface area contributed by atoms with Gasteiger partial charge in [-0.05, 0) is 19.1 Å². The molecule has 5 heteroatoms. The minimum Gasteiger partial charge on any atom is -0.341 e. The molecule has 0 amide bonds. The van der Waals surface area contributed by atoms with E-state index >= 15 is 0 Å². The summed E-state index contributed by atoms with van der Waals surface area (Å²) in [6.07, 6.45) is 5.09. The molecule has 2 aromatic rings. The number of anilines is 1. The number of aromatic nitrogens is 3. The molecule has 5 nitrogen and oxygen atoms in total. The van der Waals surface area contributed by atoms with E-state index in [-0.39, 0.29) is 0 Å². The van der Waals surface area contributed by atoms with E-state index in [1.165, 1.54) is 0 Å². The van der Waals surface area contributed by atoms with E-state index in [4.69, 9.17) is 0 Å². The zero-order valence-electron chi connectivity index (χ0n) is 8.31. The molecule has 2 rings (SSSR count). The lowest BCUT2D eigenvalue weighted by molar-refractivity contribution is 1.14. The maximum Gasteiger partial charge on any atom is 0.146 e. The molecule has 0 bridgehead atoms. The predicted octanol–water partition coefficient (Wildman–Crippen LogP) is 1.56. The van der Waals surface area contributed by atoms with Gasteiger partial charge in [0.05, 0.1) is 18.1 Å². The van der Waals surface area contributed by atoms with Gasteiger partial charge in [0, 0.05) is 6.20 Å². The van der Waals surface area contributed by atoms with Gasteiger partial charge in [0.1, 0.15) is 11.6 Å². The first kappa shape index (κ1) is 9.39. The number of rotatable bonds is 3. The van der Waals surface area contributed by atoms with Crippen LogP contribution in [-0.4, -0.2) is 21.2 Å². The van der Waals surface area contributed by atoms with E-state index in [0.29, 0.717) is 5.82 Å². The molecular weight excluding hydrogens is 190 g/mol. The van der Waals surface area contributed by atoms with Gasteiger partial charge in [-0.25, -0.2) is 9.97 Å². The molecule has 0 atom stereocenters. The highest BCUT2D eigenvalue weighted by Crippen LogP contribution is 1.99. The molecule has 0 saturated heterocycles.